The fraction of sp³-hybridized carbons (Fsp3) is 0.429. The van der Waals surface area contributed by atoms with Crippen LogP contribution in [0.25, 0.3) is 10.9 Å². The maximum atomic E-state index is 9.01. The number of anilines is 1. The Balaban J connectivity index is 2.38. The molecule has 0 aliphatic heterocycles. The van der Waals surface area contributed by atoms with Crippen LogP contribution in [0.5, 0.6) is 0 Å². The Morgan fingerprint density at radius 2 is 2.11 bits per heavy atom. The van der Waals surface area contributed by atoms with Crippen molar-refractivity contribution >= 4 is 28.6 Å². The summed E-state index contributed by atoms with van der Waals surface area (Å²) in [6, 6.07) is 8.02. The minimum atomic E-state index is 0.206. The number of benzene rings is 1. The number of aliphatic hydroxyl groups excluding tert-OH is 1. The van der Waals surface area contributed by atoms with E-state index in [1.165, 1.54) is 0 Å². The largest absolute Gasteiger partial charge is 0.396 e. The number of thioether (sulfide) groups is 1. The van der Waals surface area contributed by atoms with Crippen LogP contribution < -0.4 is 5.32 Å². The molecule has 4 nitrogen and oxygen atoms in total. The van der Waals surface area contributed by atoms with E-state index in [4.69, 9.17) is 5.11 Å². The number of hydrogen-bond acceptors (Lipinski definition) is 5. The van der Waals surface area contributed by atoms with Gasteiger partial charge in [0.05, 0.1) is 5.52 Å². The molecule has 2 rings (SSSR count). The molecule has 0 aliphatic carbocycles. The lowest BCUT2D eigenvalue weighted by atomic mass is 10.2. The van der Waals surface area contributed by atoms with Crippen LogP contribution in [0.2, 0.25) is 0 Å². The number of fused-ring (bicyclic) bond motifs is 1. The summed E-state index contributed by atoms with van der Waals surface area (Å²) in [5, 5.41) is 14.5. The molecule has 0 radical (unpaired) electrons. The topological polar surface area (TPSA) is 58.0 Å². The molecule has 1 aromatic carbocycles. The van der Waals surface area contributed by atoms with E-state index >= 15 is 0 Å². The average Bonchev–Trinajstić information content (AvgIpc) is 2.39. The molecule has 2 aromatic rings. The minimum absolute atomic E-state index is 0.206. The Kier molecular flexibility index (Phi) is 4.99. The highest BCUT2D eigenvalue weighted by atomic mass is 32.2. The molecule has 1 unspecified atom stereocenters. The molecule has 0 spiro atoms. The van der Waals surface area contributed by atoms with Crippen LogP contribution in [0.1, 0.15) is 20.3 Å². The van der Waals surface area contributed by atoms with Crippen molar-refractivity contribution in [2.75, 3.05) is 18.5 Å². The summed E-state index contributed by atoms with van der Waals surface area (Å²) in [4.78, 5) is 9.07. The molecule has 19 heavy (non-hydrogen) atoms. The van der Waals surface area contributed by atoms with Crippen LogP contribution in [-0.4, -0.2) is 33.5 Å². The molecule has 1 aromatic heterocycles. The van der Waals surface area contributed by atoms with E-state index in [-0.39, 0.29) is 6.61 Å². The molecule has 1 atom stereocenters. The van der Waals surface area contributed by atoms with Gasteiger partial charge in [-0.2, -0.15) is 0 Å². The molecular formula is C14H19N3OS. The van der Waals surface area contributed by atoms with Gasteiger partial charge in [-0.3, -0.25) is 0 Å². The second-order valence-corrected chi connectivity index (χ2v) is 5.77. The summed E-state index contributed by atoms with van der Waals surface area (Å²) in [6.07, 6.45) is 0.763. The maximum Gasteiger partial charge on any atom is 0.224 e. The van der Waals surface area contributed by atoms with E-state index in [1.807, 2.05) is 31.2 Å². The molecule has 0 fully saturated rings. The predicted molar refractivity (Wildman–Crippen MR) is 80.7 cm³/mol. The molecule has 5 heteroatoms. The Labute approximate surface area is 117 Å². The number of nitrogens with one attached hydrogen (secondary N) is 1. The zero-order valence-electron chi connectivity index (χ0n) is 11.3. The van der Waals surface area contributed by atoms with Gasteiger partial charge >= 0.3 is 0 Å². The first-order valence-electron chi connectivity index (χ1n) is 6.52. The Morgan fingerprint density at radius 3 is 2.84 bits per heavy atom. The third-order valence-electron chi connectivity index (χ3n) is 2.75. The number of aliphatic hydroxyl groups is 1. The third kappa shape index (κ3) is 3.58. The molecule has 1 heterocycles. The van der Waals surface area contributed by atoms with Crippen LogP contribution in [0.15, 0.2) is 29.3 Å². The van der Waals surface area contributed by atoms with Crippen molar-refractivity contribution in [1.29, 1.82) is 0 Å². The second kappa shape index (κ2) is 6.73. The third-order valence-corrected chi connectivity index (χ3v) is 3.92. The van der Waals surface area contributed by atoms with Crippen molar-refractivity contribution < 1.29 is 5.11 Å². The van der Waals surface area contributed by atoms with Crippen molar-refractivity contribution in [1.82, 2.24) is 9.97 Å². The van der Waals surface area contributed by atoms with Gasteiger partial charge in [0.1, 0.15) is 5.03 Å². The fourth-order valence-electron chi connectivity index (χ4n) is 1.81. The van der Waals surface area contributed by atoms with Crippen LogP contribution in [0, 0.1) is 0 Å². The van der Waals surface area contributed by atoms with Crippen LogP contribution in [0.3, 0.4) is 0 Å². The summed E-state index contributed by atoms with van der Waals surface area (Å²) in [6.45, 7) is 5.14. The van der Waals surface area contributed by atoms with Crippen LogP contribution >= 0.6 is 11.8 Å². The summed E-state index contributed by atoms with van der Waals surface area (Å²) < 4.78 is 0. The van der Waals surface area contributed by atoms with E-state index in [2.05, 4.69) is 22.2 Å². The van der Waals surface area contributed by atoms with Crippen molar-refractivity contribution in [2.24, 2.45) is 0 Å². The summed E-state index contributed by atoms with van der Waals surface area (Å²) >= 11 is 1.69. The smallest absolute Gasteiger partial charge is 0.224 e. The first-order chi connectivity index (χ1) is 9.24. The van der Waals surface area contributed by atoms with Crippen molar-refractivity contribution in [3.8, 4) is 0 Å². The Hall–Kier alpha value is -1.33. The van der Waals surface area contributed by atoms with Gasteiger partial charge in [-0.15, -0.1) is 11.8 Å². The lowest BCUT2D eigenvalue weighted by Crippen LogP contribution is -2.05. The van der Waals surface area contributed by atoms with E-state index < -0.39 is 0 Å². The van der Waals surface area contributed by atoms with Gasteiger partial charge < -0.3 is 10.4 Å². The zero-order valence-corrected chi connectivity index (χ0v) is 12.1. The SMILES string of the molecule is CCNc1nc(SC(C)CCO)c2ccccc2n1. The number of para-hydroxylation sites is 1. The molecular weight excluding hydrogens is 258 g/mol. The van der Waals surface area contributed by atoms with Gasteiger partial charge in [-0.05, 0) is 19.4 Å². The molecule has 0 saturated heterocycles. The molecule has 0 saturated carbocycles. The van der Waals surface area contributed by atoms with E-state index in [9.17, 15) is 0 Å². The monoisotopic (exact) mass is 277 g/mol. The van der Waals surface area contributed by atoms with E-state index in [0.29, 0.717) is 11.2 Å². The first-order valence-corrected chi connectivity index (χ1v) is 7.40. The molecule has 2 N–H and O–H groups in total. The molecule has 102 valence electrons. The van der Waals surface area contributed by atoms with Crippen molar-refractivity contribution in [3.05, 3.63) is 24.3 Å². The van der Waals surface area contributed by atoms with Gasteiger partial charge in [0.15, 0.2) is 0 Å². The number of aromatic nitrogens is 2. The second-order valence-electron chi connectivity index (χ2n) is 4.34. The molecule has 0 bridgehead atoms. The van der Waals surface area contributed by atoms with Crippen molar-refractivity contribution in [3.63, 3.8) is 0 Å². The lowest BCUT2D eigenvalue weighted by molar-refractivity contribution is 0.289. The quantitative estimate of drug-likeness (QED) is 0.628. The summed E-state index contributed by atoms with van der Waals surface area (Å²) in [5.74, 6) is 0.667. The first kappa shape index (κ1) is 14.1. The number of nitrogens with zero attached hydrogens (tertiary/aromatic N) is 2. The van der Waals surface area contributed by atoms with Gasteiger partial charge in [0.25, 0.3) is 0 Å². The Bertz CT molecular complexity index is 547. The zero-order chi connectivity index (χ0) is 13.7. The van der Waals surface area contributed by atoms with Gasteiger partial charge in [0.2, 0.25) is 5.95 Å². The van der Waals surface area contributed by atoms with Gasteiger partial charge in [-0.25, -0.2) is 9.97 Å². The normalized spacial score (nSPS) is 12.6. The summed E-state index contributed by atoms with van der Waals surface area (Å²) in [5.41, 5.74) is 0.951. The van der Waals surface area contributed by atoms with E-state index in [1.54, 1.807) is 11.8 Å². The highest BCUT2D eigenvalue weighted by Crippen LogP contribution is 2.30. The predicted octanol–water partition coefficient (Wildman–Crippen LogP) is 2.92. The Morgan fingerprint density at radius 1 is 1.32 bits per heavy atom. The summed E-state index contributed by atoms with van der Waals surface area (Å²) in [7, 11) is 0. The minimum Gasteiger partial charge on any atom is -0.396 e. The fourth-order valence-corrected chi connectivity index (χ4v) is 2.85. The highest BCUT2D eigenvalue weighted by Gasteiger charge is 2.11. The average molecular weight is 277 g/mol. The van der Waals surface area contributed by atoms with Gasteiger partial charge in [0, 0.05) is 23.8 Å². The van der Waals surface area contributed by atoms with Crippen LogP contribution in [-0.2, 0) is 0 Å². The standard InChI is InChI=1S/C14H19N3OS/c1-3-15-14-16-12-7-5-4-6-11(12)13(17-14)19-10(2)8-9-18/h4-7,10,18H,3,8-9H2,1-2H3,(H,15,16,17). The highest BCUT2D eigenvalue weighted by molar-refractivity contribution is 8.00. The molecule has 0 amide bonds. The van der Waals surface area contributed by atoms with Crippen molar-refractivity contribution in [2.45, 2.75) is 30.5 Å². The molecule has 0 aliphatic rings. The van der Waals surface area contributed by atoms with Gasteiger partial charge in [-0.1, -0.05) is 25.1 Å². The van der Waals surface area contributed by atoms with E-state index in [0.717, 1.165) is 28.9 Å². The maximum absolute atomic E-state index is 9.01. The number of rotatable bonds is 6. The number of hydrogen-bond donors (Lipinski definition) is 2. The lowest BCUT2D eigenvalue weighted by Gasteiger charge is -2.12. The van der Waals surface area contributed by atoms with Crippen LogP contribution in [0.4, 0.5) is 5.95 Å².